The van der Waals surface area contributed by atoms with Crippen LogP contribution >= 0.6 is 7.75 Å². The first kappa shape index (κ1) is 19.6. The number of halogens is 1. The van der Waals surface area contributed by atoms with Crippen molar-refractivity contribution in [2.75, 3.05) is 38.6 Å². The van der Waals surface area contributed by atoms with E-state index in [2.05, 4.69) is 15.0 Å². The second-order valence-corrected chi connectivity index (χ2v) is 8.24. The highest BCUT2D eigenvalue weighted by atomic mass is 31.2. The summed E-state index contributed by atoms with van der Waals surface area (Å²) in [5.41, 5.74) is 6.29. The SMILES string of the molecule is Nc1ncnc2c1ncn2[C@@H]1O[C@H](COP(=O)(O)N2CCOCC2)[C@H](F)[C@@H]1O. The second kappa shape index (κ2) is 7.59. The monoisotopic (exact) mass is 418 g/mol. The third kappa shape index (κ3) is 3.50. The maximum Gasteiger partial charge on any atom is 0.405 e. The molecule has 12 nitrogen and oxygen atoms in total. The highest BCUT2D eigenvalue weighted by molar-refractivity contribution is 7.50. The van der Waals surface area contributed by atoms with E-state index in [4.69, 9.17) is 19.7 Å². The standard InChI is InChI=1S/C14H20FN6O6P/c15-9-8(5-26-28(23,24)20-1-3-25-4-2-20)27-14(11(9)22)21-7-19-10-12(16)17-6-18-13(10)21/h6-9,11,14,22H,1-5H2,(H,23,24)(H2,16,17,18)/t8-,9+,11+,14-/m1/s1. The van der Waals surface area contributed by atoms with Gasteiger partial charge in [-0.15, -0.1) is 0 Å². The van der Waals surface area contributed by atoms with Crippen LogP contribution in [-0.2, 0) is 18.6 Å². The highest BCUT2D eigenvalue weighted by Crippen LogP contribution is 2.47. The fraction of sp³-hybridized carbons (Fsp3) is 0.643. The van der Waals surface area contributed by atoms with Crippen molar-refractivity contribution in [1.29, 1.82) is 0 Å². The fourth-order valence-corrected chi connectivity index (χ4v) is 4.36. The van der Waals surface area contributed by atoms with Gasteiger partial charge < -0.3 is 25.2 Å². The Labute approximate surface area is 158 Å². The Morgan fingerprint density at radius 3 is 2.86 bits per heavy atom. The van der Waals surface area contributed by atoms with Crippen LogP contribution in [0.3, 0.4) is 0 Å². The lowest BCUT2D eigenvalue weighted by molar-refractivity contribution is -0.0492. The number of aliphatic hydroxyl groups is 1. The molecule has 28 heavy (non-hydrogen) atoms. The van der Waals surface area contributed by atoms with Crippen molar-refractivity contribution in [3.63, 3.8) is 0 Å². The van der Waals surface area contributed by atoms with E-state index >= 15 is 0 Å². The first-order valence-electron chi connectivity index (χ1n) is 8.59. The van der Waals surface area contributed by atoms with Gasteiger partial charge in [-0.2, -0.15) is 0 Å². The molecule has 5 atom stereocenters. The largest absolute Gasteiger partial charge is 0.405 e. The summed E-state index contributed by atoms with van der Waals surface area (Å²) in [5, 5.41) is 10.3. The van der Waals surface area contributed by atoms with E-state index in [9.17, 15) is 19.0 Å². The van der Waals surface area contributed by atoms with E-state index in [0.717, 1.165) is 0 Å². The number of morpholine rings is 1. The zero-order valence-corrected chi connectivity index (χ0v) is 15.6. The smallest absolute Gasteiger partial charge is 0.385 e. The van der Waals surface area contributed by atoms with Crippen LogP contribution in [0.25, 0.3) is 11.2 Å². The molecule has 4 rings (SSSR count). The Morgan fingerprint density at radius 1 is 1.36 bits per heavy atom. The number of rotatable bonds is 5. The molecule has 2 fully saturated rings. The molecule has 0 amide bonds. The van der Waals surface area contributed by atoms with Crippen LogP contribution in [0, 0.1) is 0 Å². The zero-order valence-electron chi connectivity index (χ0n) is 14.7. The highest BCUT2D eigenvalue weighted by Gasteiger charge is 2.47. The third-order valence-corrected chi connectivity index (χ3v) is 6.30. The lowest BCUT2D eigenvalue weighted by atomic mass is 10.1. The van der Waals surface area contributed by atoms with Crippen molar-refractivity contribution in [2.45, 2.75) is 24.6 Å². The average molecular weight is 418 g/mol. The number of aliphatic hydroxyl groups excluding tert-OH is 1. The van der Waals surface area contributed by atoms with Gasteiger partial charge in [0.15, 0.2) is 23.9 Å². The molecule has 2 saturated heterocycles. The number of imidazole rings is 1. The molecule has 0 saturated carbocycles. The van der Waals surface area contributed by atoms with Crippen LogP contribution in [0.1, 0.15) is 6.23 Å². The van der Waals surface area contributed by atoms with Crippen molar-refractivity contribution in [2.24, 2.45) is 0 Å². The van der Waals surface area contributed by atoms with E-state index in [1.165, 1.54) is 21.9 Å². The normalized spacial score (nSPS) is 31.2. The molecule has 0 spiro atoms. The lowest BCUT2D eigenvalue weighted by Gasteiger charge is -2.30. The van der Waals surface area contributed by atoms with E-state index in [1.54, 1.807) is 0 Å². The summed E-state index contributed by atoms with van der Waals surface area (Å²) in [7, 11) is -4.12. The third-order valence-electron chi connectivity index (χ3n) is 4.70. The van der Waals surface area contributed by atoms with Crippen molar-refractivity contribution in [3.05, 3.63) is 12.7 Å². The summed E-state index contributed by atoms with van der Waals surface area (Å²) in [6.07, 6.45) is -3.27. The molecular weight excluding hydrogens is 398 g/mol. The molecule has 1 unspecified atom stereocenters. The maximum absolute atomic E-state index is 14.6. The molecule has 154 valence electrons. The van der Waals surface area contributed by atoms with Gasteiger partial charge in [-0.1, -0.05) is 0 Å². The van der Waals surface area contributed by atoms with Crippen LogP contribution < -0.4 is 5.73 Å². The number of nitrogen functional groups attached to an aromatic ring is 1. The number of hydrogen-bond acceptors (Lipinski definition) is 9. The molecule has 2 aromatic heterocycles. The van der Waals surface area contributed by atoms with Crippen LogP contribution in [0.5, 0.6) is 0 Å². The summed E-state index contributed by atoms with van der Waals surface area (Å²) in [6, 6.07) is 0. The number of aromatic nitrogens is 4. The van der Waals surface area contributed by atoms with Crippen LogP contribution in [0.15, 0.2) is 12.7 Å². The molecule has 2 aliphatic rings. The Bertz CT molecular complexity index is 894. The Kier molecular flexibility index (Phi) is 5.31. The lowest BCUT2D eigenvalue weighted by Crippen LogP contribution is -2.35. The van der Waals surface area contributed by atoms with Crippen LogP contribution in [0.2, 0.25) is 0 Å². The van der Waals surface area contributed by atoms with Gasteiger partial charge in [0.2, 0.25) is 0 Å². The van der Waals surface area contributed by atoms with Gasteiger partial charge in [0.05, 0.1) is 26.1 Å². The van der Waals surface area contributed by atoms with E-state index < -0.39 is 39.0 Å². The van der Waals surface area contributed by atoms with E-state index in [1.807, 2.05) is 0 Å². The van der Waals surface area contributed by atoms with E-state index in [0.29, 0.717) is 18.7 Å². The summed E-state index contributed by atoms with van der Waals surface area (Å²) in [5.74, 6) is 0.139. The molecule has 4 N–H and O–H groups in total. The van der Waals surface area contributed by atoms with Crippen molar-refractivity contribution in [3.8, 4) is 0 Å². The molecule has 14 heteroatoms. The van der Waals surface area contributed by atoms with Gasteiger partial charge in [0.25, 0.3) is 0 Å². The van der Waals surface area contributed by atoms with Gasteiger partial charge >= 0.3 is 7.75 Å². The Morgan fingerprint density at radius 2 is 2.11 bits per heavy atom. The minimum atomic E-state index is -4.12. The number of nitrogens with two attached hydrogens (primary N) is 1. The summed E-state index contributed by atoms with van der Waals surface area (Å²) < 4.78 is 45.3. The van der Waals surface area contributed by atoms with Crippen molar-refractivity contribution < 1.29 is 33.0 Å². The summed E-state index contributed by atoms with van der Waals surface area (Å²) in [6.45, 7) is 0.555. The van der Waals surface area contributed by atoms with Gasteiger partial charge in [0, 0.05) is 13.1 Å². The molecule has 0 aromatic carbocycles. The number of ether oxygens (including phenoxy) is 2. The number of anilines is 1. The predicted octanol–water partition coefficient (Wildman–Crippen LogP) is -0.546. The minimum Gasteiger partial charge on any atom is -0.385 e. The Balaban J connectivity index is 1.47. The van der Waals surface area contributed by atoms with Gasteiger partial charge in [-0.3, -0.25) is 9.09 Å². The number of alkyl halides is 1. The fourth-order valence-electron chi connectivity index (χ4n) is 3.19. The number of hydrogen-bond donors (Lipinski definition) is 3. The van der Waals surface area contributed by atoms with Crippen molar-refractivity contribution in [1.82, 2.24) is 24.2 Å². The predicted molar refractivity (Wildman–Crippen MR) is 92.7 cm³/mol. The average Bonchev–Trinajstić information content (AvgIpc) is 3.24. The van der Waals surface area contributed by atoms with Crippen molar-refractivity contribution >= 4 is 24.7 Å². The van der Waals surface area contributed by atoms with Crippen LogP contribution in [0.4, 0.5) is 10.2 Å². The summed E-state index contributed by atoms with van der Waals surface area (Å²) in [4.78, 5) is 22.0. The Hall–Kier alpha value is -1.73. The molecular formula is C14H20FN6O6P. The topological polar surface area (TPSA) is 158 Å². The number of fused-ring (bicyclic) bond motifs is 1. The first-order chi connectivity index (χ1) is 13.4. The number of nitrogens with zero attached hydrogens (tertiary/aromatic N) is 5. The molecule has 4 heterocycles. The molecule has 0 radical (unpaired) electrons. The minimum absolute atomic E-state index is 0.139. The van der Waals surface area contributed by atoms with Gasteiger partial charge in [-0.25, -0.2) is 28.6 Å². The first-order valence-corrected chi connectivity index (χ1v) is 10.1. The van der Waals surface area contributed by atoms with E-state index in [-0.39, 0.29) is 24.6 Å². The van der Waals surface area contributed by atoms with Gasteiger partial charge in [-0.05, 0) is 0 Å². The molecule has 0 aliphatic carbocycles. The summed E-state index contributed by atoms with van der Waals surface area (Å²) >= 11 is 0. The van der Waals surface area contributed by atoms with Gasteiger partial charge in [0.1, 0.15) is 24.1 Å². The molecule has 2 aromatic rings. The maximum atomic E-state index is 14.6. The zero-order chi connectivity index (χ0) is 19.9. The second-order valence-electron chi connectivity index (χ2n) is 6.44. The quantitative estimate of drug-likeness (QED) is 0.535. The molecule has 2 aliphatic heterocycles. The van der Waals surface area contributed by atoms with Crippen LogP contribution in [-0.4, -0.2) is 85.5 Å². The molecule has 0 bridgehead atoms.